The molecule has 0 heterocycles. The van der Waals surface area contributed by atoms with E-state index in [9.17, 15) is 4.57 Å². The summed E-state index contributed by atoms with van der Waals surface area (Å²) in [7, 11) is -4.48. The Morgan fingerprint density at radius 3 is 1.86 bits per heavy atom. The van der Waals surface area contributed by atoms with Crippen molar-refractivity contribution in [1.29, 1.82) is 0 Å². The molecule has 0 aliphatic heterocycles. The molecule has 0 saturated carbocycles. The van der Waals surface area contributed by atoms with Crippen molar-refractivity contribution in [3.63, 3.8) is 0 Å². The van der Waals surface area contributed by atoms with Gasteiger partial charge in [0.25, 0.3) is 0 Å². The third-order valence-electron chi connectivity index (χ3n) is 3.12. The van der Waals surface area contributed by atoms with Gasteiger partial charge in [0.2, 0.25) is 0 Å². The van der Waals surface area contributed by atoms with Crippen LogP contribution < -0.4 is 5.48 Å². The minimum atomic E-state index is -4.48. The molecule has 0 bridgehead atoms. The number of hydroxylamine groups is 1. The largest absolute Gasteiger partial charge is 0.486 e. The van der Waals surface area contributed by atoms with Crippen LogP contribution in [0.15, 0.2) is 60.7 Å². The maximum atomic E-state index is 10.6. The molecule has 6 heteroatoms. The zero-order chi connectivity index (χ0) is 15.1. The Hall–Kier alpha value is -1.49. The normalized spacial score (nSPS) is 11.8. The van der Waals surface area contributed by atoms with Crippen molar-refractivity contribution >= 4 is 7.82 Å². The highest BCUT2D eigenvalue weighted by Crippen LogP contribution is 2.34. The Kier molecular flexibility index (Phi) is 5.67. The zero-order valence-electron chi connectivity index (χ0n) is 11.4. The van der Waals surface area contributed by atoms with Crippen LogP contribution in [0.25, 0.3) is 0 Å². The molecule has 3 N–H and O–H groups in total. The molecule has 0 fully saturated rings. The third-order valence-corrected chi connectivity index (χ3v) is 3.49. The van der Waals surface area contributed by atoms with Gasteiger partial charge >= 0.3 is 7.82 Å². The number of hydrogen-bond donors (Lipinski definition) is 3. The summed E-state index contributed by atoms with van der Waals surface area (Å²) in [5.74, 6) is 0.139. The van der Waals surface area contributed by atoms with Crippen LogP contribution in [0.1, 0.15) is 23.5 Å². The Balaban J connectivity index is 2.05. The molecular formula is C15H18NO4P. The van der Waals surface area contributed by atoms with Crippen molar-refractivity contribution in [3.8, 4) is 0 Å². The molecule has 0 amide bonds. The van der Waals surface area contributed by atoms with E-state index in [0.717, 1.165) is 11.1 Å². The van der Waals surface area contributed by atoms with E-state index in [4.69, 9.17) is 9.79 Å². The molecule has 0 unspecified atom stereocenters. The first-order valence-corrected chi connectivity index (χ1v) is 8.16. The van der Waals surface area contributed by atoms with E-state index in [1.165, 1.54) is 0 Å². The van der Waals surface area contributed by atoms with Crippen LogP contribution in [0.4, 0.5) is 0 Å². The zero-order valence-corrected chi connectivity index (χ0v) is 12.3. The van der Waals surface area contributed by atoms with Crippen molar-refractivity contribution in [2.24, 2.45) is 0 Å². The molecule has 0 spiro atoms. The fourth-order valence-electron chi connectivity index (χ4n) is 2.23. The van der Waals surface area contributed by atoms with Gasteiger partial charge in [0.05, 0.1) is 0 Å². The Labute approximate surface area is 123 Å². The molecule has 0 aliphatic rings. The number of phosphoric acid groups is 1. The SMILES string of the molecule is O=P(O)(O)ONCCC(c1ccccc1)c1ccccc1. The molecule has 2 aromatic rings. The number of hydrogen-bond acceptors (Lipinski definition) is 3. The summed E-state index contributed by atoms with van der Waals surface area (Å²) in [6, 6.07) is 20.0. The molecule has 112 valence electrons. The fourth-order valence-corrected chi connectivity index (χ4v) is 2.49. The minimum absolute atomic E-state index is 0.139. The Morgan fingerprint density at radius 1 is 0.952 bits per heavy atom. The van der Waals surface area contributed by atoms with Gasteiger partial charge in [0.15, 0.2) is 0 Å². The van der Waals surface area contributed by atoms with Gasteiger partial charge in [0.1, 0.15) is 0 Å². The molecular weight excluding hydrogens is 289 g/mol. The lowest BCUT2D eigenvalue weighted by atomic mass is 9.89. The molecule has 0 aliphatic carbocycles. The van der Waals surface area contributed by atoms with Crippen LogP contribution in [-0.4, -0.2) is 16.3 Å². The standard InChI is InChI=1S/C15H18NO4P/c17-21(18,19)20-16-12-11-15(13-7-3-1-4-8-13)14-9-5-2-6-10-14/h1-10,15-16H,11-12H2,(H2,17,18,19). The summed E-state index contributed by atoms with van der Waals surface area (Å²) in [5, 5.41) is 0. The average molecular weight is 307 g/mol. The van der Waals surface area contributed by atoms with Gasteiger partial charge in [-0.3, -0.25) is 0 Å². The van der Waals surface area contributed by atoms with Crippen LogP contribution in [-0.2, 0) is 9.19 Å². The van der Waals surface area contributed by atoms with Crippen molar-refractivity contribution in [3.05, 3.63) is 71.8 Å². The summed E-state index contributed by atoms with van der Waals surface area (Å²) in [6.07, 6.45) is 0.661. The van der Waals surface area contributed by atoms with Crippen LogP contribution in [0, 0.1) is 0 Å². The monoisotopic (exact) mass is 307 g/mol. The van der Waals surface area contributed by atoms with E-state index in [1.807, 2.05) is 60.7 Å². The van der Waals surface area contributed by atoms with Gasteiger partial charge < -0.3 is 9.79 Å². The van der Waals surface area contributed by atoms with E-state index in [-0.39, 0.29) is 5.92 Å². The summed E-state index contributed by atoms with van der Waals surface area (Å²) in [5.41, 5.74) is 4.64. The second-order valence-electron chi connectivity index (χ2n) is 4.64. The lowest BCUT2D eigenvalue weighted by molar-refractivity contribution is 0.123. The Bertz CT molecular complexity index is 546. The molecule has 0 aromatic heterocycles. The topological polar surface area (TPSA) is 78.8 Å². The van der Waals surface area contributed by atoms with E-state index in [2.05, 4.69) is 10.1 Å². The van der Waals surface area contributed by atoms with E-state index < -0.39 is 7.82 Å². The quantitative estimate of drug-likeness (QED) is 0.416. The van der Waals surface area contributed by atoms with Gasteiger partial charge in [-0.1, -0.05) is 60.7 Å². The highest BCUT2D eigenvalue weighted by Gasteiger charge is 2.16. The number of rotatable bonds is 7. The van der Waals surface area contributed by atoms with Crippen LogP contribution in [0.5, 0.6) is 0 Å². The molecule has 0 atom stereocenters. The summed E-state index contributed by atoms with van der Waals surface area (Å²) in [6.45, 7) is 0.333. The highest BCUT2D eigenvalue weighted by atomic mass is 31.2. The van der Waals surface area contributed by atoms with Crippen LogP contribution in [0.3, 0.4) is 0 Å². The van der Waals surface area contributed by atoms with E-state index in [0.29, 0.717) is 13.0 Å². The molecule has 0 radical (unpaired) electrons. The van der Waals surface area contributed by atoms with Gasteiger partial charge in [0, 0.05) is 12.5 Å². The van der Waals surface area contributed by atoms with Crippen LogP contribution >= 0.6 is 7.82 Å². The summed E-state index contributed by atoms with van der Waals surface area (Å²) < 4.78 is 14.9. The summed E-state index contributed by atoms with van der Waals surface area (Å²) in [4.78, 5) is 17.3. The van der Waals surface area contributed by atoms with Gasteiger partial charge in [-0.2, -0.15) is 10.1 Å². The van der Waals surface area contributed by atoms with Crippen molar-refractivity contribution in [2.75, 3.05) is 6.54 Å². The number of nitrogens with one attached hydrogen (secondary N) is 1. The maximum absolute atomic E-state index is 10.6. The smallest absolute Gasteiger partial charge is 0.302 e. The molecule has 5 nitrogen and oxygen atoms in total. The van der Waals surface area contributed by atoms with Crippen molar-refractivity contribution in [2.45, 2.75) is 12.3 Å². The molecule has 21 heavy (non-hydrogen) atoms. The third kappa shape index (κ3) is 5.42. The maximum Gasteiger partial charge on any atom is 0.486 e. The van der Waals surface area contributed by atoms with Gasteiger partial charge in [-0.05, 0) is 17.5 Å². The second-order valence-corrected chi connectivity index (χ2v) is 5.80. The lowest BCUT2D eigenvalue weighted by Crippen LogP contribution is -2.17. The average Bonchev–Trinajstić information content (AvgIpc) is 2.48. The van der Waals surface area contributed by atoms with Crippen molar-refractivity contribution in [1.82, 2.24) is 5.48 Å². The summed E-state index contributed by atoms with van der Waals surface area (Å²) >= 11 is 0. The fraction of sp³-hybridized carbons (Fsp3) is 0.200. The lowest BCUT2D eigenvalue weighted by Gasteiger charge is -2.18. The first kappa shape index (κ1) is 15.9. The first-order chi connectivity index (χ1) is 10.1. The molecule has 2 aromatic carbocycles. The van der Waals surface area contributed by atoms with Gasteiger partial charge in [-0.15, -0.1) is 0 Å². The molecule has 0 saturated heterocycles. The molecule has 2 rings (SSSR count). The van der Waals surface area contributed by atoms with E-state index in [1.54, 1.807) is 0 Å². The van der Waals surface area contributed by atoms with E-state index >= 15 is 0 Å². The van der Waals surface area contributed by atoms with Crippen molar-refractivity contribution < 1.29 is 19.0 Å². The van der Waals surface area contributed by atoms with Crippen LogP contribution in [0.2, 0.25) is 0 Å². The minimum Gasteiger partial charge on any atom is -0.302 e. The Morgan fingerprint density at radius 2 is 1.43 bits per heavy atom. The second kappa shape index (κ2) is 7.50. The predicted octanol–water partition coefficient (Wildman–Crippen LogP) is 2.82. The predicted molar refractivity (Wildman–Crippen MR) is 80.5 cm³/mol. The van der Waals surface area contributed by atoms with Gasteiger partial charge in [-0.25, -0.2) is 4.57 Å². The first-order valence-electron chi connectivity index (χ1n) is 6.63. The highest BCUT2D eigenvalue weighted by molar-refractivity contribution is 7.46. The number of benzene rings is 2.